The average Bonchev–Trinajstić information content (AvgIpc) is 3.34. The van der Waals surface area contributed by atoms with Crippen LogP contribution >= 0.6 is 0 Å². The van der Waals surface area contributed by atoms with Crippen LogP contribution in [0.25, 0.3) is 0 Å². The topological polar surface area (TPSA) is 108 Å². The number of para-hydroxylation sites is 2. The fourth-order valence-electron chi connectivity index (χ4n) is 6.73. The molecule has 6 atom stereocenters. The van der Waals surface area contributed by atoms with Crippen molar-refractivity contribution >= 4 is 29.1 Å². The lowest BCUT2D eigenvalue weighted by Crippen LogP contribution is -2.54. The Labute approximate surface area is 211 Å². The molecule has 3 fully saturated rings. The van der Waals surface area contributed by atoms with E-state index in [1.54, 1.807) is 12.1 Å². The van der Waals surface area contributed by atoms with Gasteiger partial charge in [-0.2, -0.15) is 0 Å². The second kappa shape index (κ2) is 8.71. The molecule has 3 heterocycles. The summed E-state index contributed by atoms with van der Waals surface area (Å²) >= 11 is 0. The number of aryl methyl sites for hydroxylation is 2. The van der Waals surface area contributed by atoms with Gasteiger partial charge in [0.1, 0.15) is 11.6 Å². The second-order valence-corrected chi connectivity index (χ2v) is 10.6. The van der Waals surface area contributed by atoms with Crippen LogP contribution in [-0.2, 0) is 19.1 Å². The van der Waals surface area contributed by atoms with Gasteiger partial charge in [-0.15, -0.1) is 0 Å². The molecule has 3 saturated heterocycles. The van der Waals surface area contributed by atoms with E-state index < -0.39 is 29.1 Å². The number of hydrogen-bond acceptors (Lipinski definition) is 5. The third-order valence-corrected chi connectivity index (χ3v) is 8.46. The number of hydrogen-bond donors (Lipinski definition) is 3. The van der Waals surface area contributed by atoms with Crippen molar-refractivity contribution in [1.29, 1.82) is 0 Å². The highest BCUT2D eigenvalue weighted by atomic mass is 16.5. The number of benzene rings is 2. The Hall–Kier alpha value is -3.23. The van der Waals surface area contributed by atoms with Gasteiger partial charge in [-0.05, 0) is 56.4 Å². The second-order valence-electron chi connectivity index (χ2n) is 10.6. The zero-order chi connectivity index (χ0) is 25.8. The minimum Gasteiger partial charge on any atom is -0.395 e. The standard InChI is InChI=1S/C28H33N3O5/c1-16-9-8-10-17(2)22(16)30-25(34)23-28-15-18(3)27(4,36-28)20(21(28)26(35)31(23)13-14-32)24(33)29-19-11-6-5-7-12-19/h5-12,18,20-21,23,32H,13-15H2,1-4H3,(H,29,33)(H,30,34)/t18?,20-,21+,23?,27+,28?/m1/s1. The Kier molecular flexibility index (Phi) is 5.92. The molecule has 3 amide bonds. The zero-order valence-electron chi connectivity index (χ0n) is 21.1. The fraction of sp³-hybridized carbons (Fsp3) is 0.464. The van der Waals surface area contributed by atoms with Gasteiger partial charge in [-0.25, -0.2) is 0 Å². The number of likely N-dealkylation sites (tertiary alicyclic amines) is 1. The van der Waals surface area contributed by atoms with E-state index >= 15 is 0 Å². The van der Waals surface area contributed by atoms with E-state index in [0.29, 0.717) is 17.8 Å². The molecule has 36 heavy (non-hydrogen) atoms. The van der Waals surface area contributed by atoms with Crippen LogP contribution in [0, 0.1) is 31.6 Å². The van der Waals surface area contributed by atoms with Crippen molar-refractivity contribution in [1.82, 2.24) is 4.90 Å². The lowest BCUT2D eigenvalue weighted by molar-refractivity contribution is -0.144. The highest BCUT2D eigenvalue weighted by Crippen LogP contribution is 2.65. The Bertz CT molecular complexity index is 1200. The summed E-state index contributed by atoms with van der Waals surface area (Å²) in [4.78, 5) is 42.8. The zero-order valence-corrected chi connectivity index (χ0v) is 21.1. The smallest absolute Gasteiger partial charge is 0.250 e. The first-order valence-corrected chi connectivity index (χ1v) is 12.5. The van der Waals surface area contributed by atoms with Crippen LogP contribution in [0.4, 0.5) is 11.4 Å². The Morgan fingerprint density at radius 3 is 2.36 bits per heavy atom. The van der Waals surface area contributed by atoms with Gasteiger partial charge in [0.05, 0.1) is 24.0 Å². The molecule has 0 radical (unpaired) electrons. The number of ether oxygens (including phenoxy) is 1. The number of aliphatic hydroxyl groups excluding tert-OH is 1. The van der Waals surface area contributed by atoms with E-state index in [0.717, 1.165) is 11.1 Å². The number of nitrogens with zero attached hydrogens (tertiary/aromatic N) is 1. The molecule has 0 aromatic heterocycles. The highest BCUT2D eigenvalue weighted by molar-refractivity contribution is 6.05. The number of carbonyl (C=O) groups is 3. The number of carbonyl (C=O) groups excluding carboxylic acids is 3. The molecule has 2 aromatic carbocycles. The molecule has 3 aliphatic heterocycles. The molecule has 3 aliphatic rings. The third-order valence-electron chi connectivity index (χ3n) is 8.46. The monoisotopic (exact) mass is 491 g/mol. The van der Waals surface area contributed by atoms with E-state index in [1.165, 1.54) is 4.90 Å². The van der Waals surface area contributed by atoms with Crippen molar-refractivity contribution in [2.75, 3.05) is 23.8 Å². The largest absolute Gasteiger partial charge is 0.395 e. The predicted molar refractivity (Wildman–Crippen MR) is 135 cm³/mol. The van der Waals surface area contributed by atoms with Crippen LogP contribution in [0.3, 0.4) is 0 Å². The van der Waals surface area contributed by atoms with Crippen molar-refractivity contribution in [3.63, 3.8) is 0 Å². The van der Waals surface area contributed by atoms with Crippen molar-refractivity contribution in [2.45, 2.75) is 51.4 Å². The molecule has 5 rings (SSSR count). The van der Waals surface area contributed by atoms with Gasteiger partial charge < -0.3 is 25.4 Å². The molecule has 190 valence electrons. The van der Waals surface area contributed by atoms with E-state index in [9.17, 15) is 19.5 Å². The van der Waals surface area contributed by atoms with E-state index in [-0.39, 0.29) is 36.8 Å². The van der Waals surface area contributed by atoms with Crippen LogP contribution in [0.5, 0.6) is 0 Å². The SMILES string of the molecule is Cc1cccc(C)c1NC(=O)C1N(CCO)C(=O)[C@@H]2[C@H](C(=O)Nc3ccccc3)[C@@]3(C)OC12CC3C. The van der Waals surface area contributed by atoms with Gasteiger partial charge in [-0.1, -0.05) is 43.3 Å². The minimum atomic E-state index is -1.15. The van der Waals surface area contributed by atoms with Crippen LogP contribution < -0.4 is 10.6 Å². The maximum Gasteiger partial charge on any atom is 0.250 e. The molecule has 8 nitrogen and oxygen atoms in total. The number of nitrogens with one attached hydrogen (secondary N) is 2. The molecular formula is C28H33N3O5. The summed E-state index contributed by atoms with van der Waals surface area (Å²) in [5, 5.41) is 15.8. The van der Waals surface area contributed by atoms with E-state index in [1.807, 2.05) is 64.1 Å². The number of β-amino-alcohol motifs (C(OH)–C–C–N with tert-alkyl or cyclic N) is 1. The summed E-state index contributed by atoms with van der Waals surface area (Å²) in [6, 6.07) is 13.9. The summed E-state index contributed by atoms with van der Waals surface area (Å²) in [6.45, 7) is 7.41. The Balaban J connectivity index is 1.54. The normalized spacial score (nSPS) is 32.5. The van der Waals surface area contributed by atoms with Crippen LogP contribution in [-0.4, -0.2) is 58.1 Å². The summed E-state index contributed by atoms with van der Waals surface area (Å²) < 4.78 is 6.67. The van der Waals surface area contributed by atoms with Crippen molar-refractivity contribution in [3.05, 3.63) is 59.7 Å². The number of anilines is 2. The van der Waals surface area contributed by atoms with Gasteiger partial charge >= 0.3 is 0 Å². The van der Waals surface area contributed by atoms with Gasteiger partial charge in [0, 0.05) is 17.9 Å². The minimum absolute atomic E-state index is 0.0105. The lowest BCUT2D eigenvalue weighted by atomic mass is 9.62. The number of rotatable bonds is 6. The summed E-state index contributed by atoms with van der Waals surface area (Å²) in [7, 11) is 0. The molecule has 3 N–H and O–H groups in total. The van der Waals surface area contributed by atoms with Crippen molar-refractivity contribution in [2.24, 2.45) is 17.8 Å². The first-order valence-electron chi connectivity index (χ1n) is 12.5. The first kappa shape index (κ1) is 24.5. The molecule has 0 saturated carbocycles. The fourth-order valence-corrected chi connectivity index (χ4v) is 6.73. The Morgan fingerprint density at radius 2 is 1.72 bits per heavy atom. The number of aliphatic hydroxyl groups is 1. The highest BCUT2D eigenvalue weighted by Gasteiger charge is 2.79. The first-order chi connectivity index (χ1) is 17.1. The molecule has 3 unspecified atom stereocenters. The van der Waals surface area contributed by atoms with Crippen molar-refractivity contribution < 1.29 is 24.2 Å². The van der Waals surface area contributed by atoms with E-state index in [2.05, 4.69) is 10.6 Å². The average molecular weight is 492 g/mol. The summed E-state index contributed by atoms with van der Waals surface area (Å²) in [5.41, 5.74) is 1.10. The number of fused-ring (bicyclic) bond motifs is 1. The lowest BCUT2D eigenvalue weighted by Gasteiger charge is -2.36. The molecule has 2 bridgehead atoms. The maximum absolute atomic E-state index is 13.9. The van der Waals surface area contributed by atoms with Gasteiger partial charge in [0.15, 0.2) is 0 Å². The summed E-state index contributed by atoms with van der Waals surface area (Å²) in [6.07, 6.45) is 0.474. The van der Waals surface area contributed by atoms with Gasteiger partial charge in [0.25, 0.3) is 0 Å². The van der Waals surface area contributed by atoms with Crippen molar-refractivity contribution in [3.8, 4) is 0 Å². The number of amides is 3. The molecule has 2 aromatic rings. The Morgan fingerprint density at radius 1 is 1.06 bits per heavy atom. The maximum atomic E-state index is 13.9. The van der Waals surface area contributed by atoms with Crippen LogP contribution in [0.1, 0.15) is 31.4 Å². The quantitative estimate of drug-likeness (QED) is 0.576. The van der Waals surface area contributed by atoms with Crippen LogP contribution in [0.15, 0.2) is 48.5 Å². The van der Waals surface area contributed by atoms with E-state index in [4.69, 9.17) is 4.74 Å². The van der Waals surface area contributed by atoms with Gasteiger partial charge in [0.2, 0.25) is 17.7 Å². The molecular weight excluding hydrogens is 458 g/mol. The predicted octanol–water partition coefficient (Wildman–Crippen LogP) is 2.88. The molecule has 0 aliphatic carbocycles. The van der Waals surface area contributed by atoms with Crippen LogP contribution in [0.2, 0.25) is 0 Å². The molecule has 8 heteroatoms. The van der Waals surface area contributed by atoms with Gasteiger partial charge in [-0.3, -0.25) is 14.4 Å². The molecule has 1 spiro atoms. The third kappa shape index (κ3) is 3.46. The summed E-state index contributed by atoms with van der Waals surface area (Å²) in [5.74, 6) is -2.63.